The Morgan fingerprint density at radius 1 is 1.25 bits per heavy atom. The second kappa shape index (κ2) is 6.46. The highest BCUT2D eigenvalue weighted by Gasteiger charge is 2.13. The maximum Gasteiger partial charge on any atom is 0.252 e. The van der Waals surface area contributed by atoms with Gasteiger partial charge in [-0.2, -0.15) is 11.8 Å². The first kappa shape index (κ1) is 13.7. The Labute approximate surface area is 123 Å². The highest BCUT2D eigenvalue weighted by Crippen LogP contribution is 2.21. The first-order valence-electron chi connectivity index (χ1n) is 7.22. The third kappa shape index (κ3) is 3.25. The average Bonchev–Trinajstić information content (AvgIpc) is 2.49. The largest absolute Gasteiger partial charge is 0.322 e. The van der Waals surface area contributed by atoms with E-state index >= 15 is 0 Å². The molecule has 0 aliphatic carbocycles. The highest BCUT2D eigenvalue weighted by molar-refractivity contribution is 7.99. The summed E-state index contributed by atoms with van der Waals surface area (Å²) >= 11 is 2.05. The molecule has 0 saturated carbocycles. The van der Waals surface area contributed by atoms with E-state index in [2.05, 4.69) is 10.3 Å². The Morgan fingerprint density at radius 3 is 2.90 bits per heavy atom. The number of hydrogen-bond acceptors (Lipinski definition) is 3. The molecular formula is C16H20N2OS. The molecule has 0 atom stereocenters. The third-order valence-corrected chi connectivity index (χ3v) is 4.97. The monoisotopic (exact) mass is 288 g/mol. The first-order chi connectivity index (χ1) is 9.83. The van der Waals surface area contributed by atoms with Crippen LogP contribution in [0.2, 0.25) is 0 Å². The zero-order valence-corrected chi connectivity index (χ0v) is 12.3. The molecular weight excluding hydrogens is 268 g/mol. The van der Waals surface area contributed by atoms with Crippen molar-refractivity contribution in [3.8, 4) is 0 Å². The second-order valence-corrected chi connectivity index (χ2v) is 6.62. The van der Waals surface area contributed by atoms with Gasteiger partial charge in [-0.05, 0) is 54.3 Å². The summed E-state index contributed by atoms with van der Waals surface area (Å²) in [5.74, 6) is 3.34. The van der Waals surface area contributed by atoms with Gasteiger partial charge in [0.25, 0.3) is 5.56 Å². The van der Waals surface area contributed by atoms with Crippen molar-refractivity contribution in [3.05, 3.63) is 46.2 Å². The van der Waals surface area contributed by atoms with E-state index in [9.17, 15) is 4.79 Å². The van der Waals surface area contributed by atoms with Crippen molar-refractivity contribution in [1.29, 1.82) is 0 Å². The Morgan fingerprint density at radius 2 is 2.05 bits per heavy atom. The van der Waals surface area contributed by atoms with Gasteiger partial charge >= 0.3 is 0 Å². The molecule has 2 N–H and O–H groups in total. The van der Waals surface area contributed by atoms with Gasteiger partial charge in [-0.1, -0.05) is 18.2 Å². The molecule has 4 heteroatoms. The first-order valence-corrected chi connectivity index (χ1v) is 8.38. The van der Waals surface area contributed by atoms with Crippen LogP contribution in [0.15, 0.2) is 35.1 Å². The predicted octanol–water partition coefficient (Wildman–Crippen LogP) is 2.76. The molecule has 106 valence electrons. The zero-order valence-electron chi connectivity index (χ0n) is 11.5. The van der Waals surface area contributed by atoms with Crippen LogP contribution in [0.5, 0.6) is 0 Å². The Hall–Kier alpha value is -1.26. The summed E-state index contributed by atoms with van der Waals surface area (Å²) in [5, 5.41) is 4.54. The van der Waals surface area contributed by atoms with Crippen molar-refractivity contribution in [3.63, 3.8) is 0 Å². The summed E-state index contributed by atoms with van der Waals surface area (Å²) < 4.78 is 0. The number of rotatable bonds is 4. The van der Waals surface area contributed by atoms with Gasteiger partial charge in [-0.3, -0.25) is 4.79 Å². The van der Waals surface area contributed by atoms with Crippen molar-refractivity contribution < 1.29 is 0 Å². The standard InChI is InChI=1S/C16H20N2OS/c19-16-14(9-13-3-1-2-4-15(13)18-16)11-17-10-12-5-7-20-8-6-12/h1-4,9,12,17H,5-8,10-11H2,(H,18,19). The van der Waals surface area contributed by atoms with Crippen molar-refractivity contribution in [2.75, 3.05) is 18.1 Å². The fourth-order valence-corrected chi connectivity index (χ4v) is 3.89. The van der Waals surface area contributed by atoms with E-state index in [4.69, 9.17) is 0 Å². The van der Waals surface area contributed by atoms with E-state index in [0.29, 0.717) is 6.54 Å². The Balaban J connectivity index is 1.64. The normalized spacial score (nSPS) is 16.6. The fourth-order valence-electron chi connectivity index (χ4n) is 2.69. The molecule has 1 aromatic heterocycles. The topological polar surface area (TPSA) is 44.9 Å². The number of fused-ring (bicyclic) bond motifs is 1. The summed E-state index contributed by atoms with van der Waals surface area (Å²) in [5.41, 5.74) is 1.76. The lowest BCUT2D eigenvalue weighted by atomic mass is 10.0. The molecule has 1 fully saturated rings. The number of hydrogen-bond donors (Lipinski definition) is 2. The van der Waals surface area contributed by atoms with Crippen LogP contribution in [0.4, 0.5) is 0 Å². The van der Waals surface area contributed by atoms with Gasteiger partial charge in [0.15, 0.2) is 0 Å². The lowest BCUT2D eigenvalue weighted by Gasteiger charge is -2.21. The number of thioether (sulfide) groups is 1. The summed E-state index contributed by atoms with van der Waals surface area (Å²) in [6.07, 6.45) is 2.59. The van der Waals surface area contributed by atoms with E-state index in [1.807, 2.05) is 42.1 Å². The van der Waals surface area contributed by atoms with E-state index in [-0.39, 0.29) is 5.56 Å². The predicted molar refractivity (Wildman–Crippen MR) is 86.3 cm³/mol. The van der Waals surface area contributed by atoms with E-state index in [1.165, 1.54) is 24.3 Å². The highest BCUT2D eigenvalue weighted by atomic mass is 32.2. The summed E-state index contributed by atoms with van der Waals surface area (Å²) in [6.45, 7) is 1.68. The minimum Gasteiger partial charge on any atom is -0.322 e. The van der Waals surface area contributed by atoms with Crippen LogP contribution in [-0.2, 0) is 6.54 Å². The molecule has 0 radical (unpaired) electrons. The van der Waals surface area contributed by atoms with Crippen LogP contribution >= 0.6 is 11.8 Å². The van der Waals surface area contributed by atoms with Crippen LogP contribution in [0.1, 0.15) is 18.4 Å². The van der Waals surface area contributed by atoms with E-state index < -0.39 is 0 Å². The number of aromatic nitrogens is 1. The summed E-state index contributed by atoms with van der Waals surface area (Å²) in [6, 6.07) is 9.91. The molecule has 2 aromatic rings. The Bertz CT molecular complexity index is 632. The lowest BCUT2D eigenvalue weighted by molar-refractivity contribution is 0.447. The van der Waals surface area contributed by atoms with E-state index in [1.54, 1.807) is 0 Å². The van der Waals surface area contributed by atoms with Gasteiger partial charge < -0.3 is 10.3 Å². The molecule has 2 heterocycles. The lowest BCUT2D eigenvalue weighted by Crippen LogP contribution is -2.27. The molecule has 3 rings (SSSR count). The maximum absolute atomic E-state index is 12.0. The quantitative estimate of drug-likeness (QED) is 0.909. The van der Waals surface area contributed by atoms with Crippen LogP contribution in [0, 0.1) is 5.92 Å². The molecule has 1 saturated heterocycles. The maximum atomic E-state index is 12.0. The SMILES string of the molecule is O=c1[nH]c2ccccc2cc1CNCC1CCSCC1. The number of aromatic amines is 1. The number of nitrogens with one attached hydrogen (secondary N) is 2. The minimum absolute atomic E-state index is 0.0235. The average molecular weight is 288 g/mol. The van der Waals surface area contributed by atoms with Gasteiger partial charge in [-0.25, -0.2) is 0 Å². The van der Waals surface area contributed by atoms with Gasteiger partial charge in [-0.15, -0.1) is 0 Å². The van der Waals surface area contributed by atoms with Gasteiger partial charge in [0, 0.05) is 17.6 Å². The van der Waals surface area contributed by atoms with Crippen LogP contribution < -0.4 is 10.9 Å². The van der Waals surface area contributed by atoms with Crippen molar-refractivity contribution in [2.45, 2.75) is 19.4 Å². The minimum atomic E-state index is 0.0235. The molecule has 0 spiro atoms. The van der Waals surface area contributed by atoms with Crippen molar-refractivity contribution >= 4 is 22.7 Å². The molecule has 0 unspecified atom stereocenters. The smallest absolute Gasteiger partial charge is 0.252 e. The van der Waals surface area contributed by atoms with Crippen LogP contribution in [-0.4, -0.2) is 23.0 Å². The fraction of sp³-hybridized carbons (Fsp3) is 0.438. The molecule has 0 amide bonds. The third-order valence-electron chi connectivity index (χ3n) is 3.92. The number of pyridine rings is 1. The molecule has 1 aromatic carbocycles. The number of H-pyrrole nitrogens is 1. The van der Waals surface area contributed by atoms with E-state index in [0.717, 1.165) is 28.9 Å². The van der Waals surface area contributed by atoms with Crippen LogP contribution in [0.25, 0.3) is 10.9 Å². The second-order valence-electron chi connectivity index (χ2n) is 5.40. The van der Waals surface area contributed by atoms with Crippen molar-refractivity contribution in [1.82, 2.24) is 10.3 Å². The number of para-hydroxylation sites is 1. The van der Waals surface area contributed by atoms with Crippen molar-refractivity contribution in [2.24, 2.45) is 5.92 Å². The van der Waals surface area contributed by atoms with Gasteiger partial charge in [0.2, 0.25) is 0 Å². The van der Waals surface area contributed by atoms with Gasteiger partial charge in [0.1, 0.15) is 0 Å². The summed E-state index contributed by atoms with van der Waals surface area (Å²) in [7, 11) is 0. The molecule has 0 bridgehead atoms. The molecule has 1 aliphatic rings. The molecule has 1 aliphatic heterocycles. The Kier molecular flexibility index (Phi) is 4.43. The molecule has 20 heavy (non-hydrogen) atoms. The zero-order chi connectivity index (χ0) is 13.8. The van der Waals surface area contributed by atoms with Gasteiger partial charge in [0.05, 0.1) is 0 Å². The van der Waals surface area contributed by atoms with Crippen LogP contribution in [0.3, 0.4) is 0 Å². The summed E-state index contributed by atoms with van der Waals surface area (Å²) in [4.78, 5) is 15.0. The number of benzene rings is 1. The molecule has 3 nitrogen and oxygen atoms in total.